The molecule has 1 N–H and O–H groups in total. The fourth-order valence-corrected chi connectivity index (χ4v) is 3.40. The summed E-state index contributed by atoms with van der Waals surface area (Å²) in [5, 5.41) is 2.86. The van der Waals surface area contributed by atoms with Crippen molar-refractivity contribution in [1.29, 1.82) is 0 Å². The number of likely N-dealkylation sites (tertiary alicyclic amines) is 2. The van der Waals surface area contributed by atoms with Gasteiger partial charge in [0, 0.05) is 38.0 Å². The third-order valence-electron chi connectivity index (χ3n) is 4.99. The fraction of sp³-hybridized carbons (Fsp3) is 0.889. The van der Waals surface area contributed by atoms with E-state index in [1.165, 1.54) is 32.5 Å². The number of nitrogens with zero attached hydrogens (tertiary/aromatic N) is 2. The summed E-state index contributed by atoms with van der Waals surface area (Å²) in [5.41, 5.74) is -0.392. The Kier molecular flexibility index (Phi) is 6.45. The van der Waals surface area contributed by atoms with Crippen molar-refractivity contribution in [2.75, 3.05) is 39.3 Å². The first-order chi connectivity index (χ1) is 10.9. The third-order valence-corrected chi connectivity index (χ3v) is 4.99. The summed E-state index contributed by atoms with van der Waals surface area (Å²) < 4.78 is 0. The van der Waals surface area contributed by atoms with Crippen molar-refractivity contribution >= 4 is 11.8 Å². The number of piperidine rings is 1. The SMILES string of the molecule is CC(C)(C)C(=O)NCCC(=O)N1CCC(CN2CCCC2)CC1. The minimum absolute atomic E-state index is 0.00891. The molecular formula is C18H33N3O2. The van der Waals surface area contributed by atoms with E-state index in [0.29, 0.717) is 13.0 Å². The number of hydrogen-bond acceptors (Lipinski definition) is 3. The fourth-order valence-electron chi connectivity index (χ4n) is 3.40. The van der Waals surface area contributed by atoms with Crippen LogP contribution in [0.4, 0.5) is 0 Å². The van der Waals surface area contributed by atoms with Crippen molar-refractivity contribution in [2.45, 2.75) is 52.9 Å². The average Bonchev–Trinajstić information content (AvgIpc) is 2.99. The van der Waals surface area contributed by atoms with Crippen LogP contribution in [-0.2, 0) is 9.59 Å². The van der Waals surface area contributed by atoms with E-state index >= 15 is 0 Å². The molecule has 0 saturated carbocycles. The minimum Gasteiger partial charge on any atom is -0.355 e. The van der Waals surface area contributed by atoms with Gasteiger partial charge >= 0.3 is 0 Å². The van der Waals surface area contributed by atoms with Crippen LogP contribution < -0.4 is 5.32 Å². The first-order valence-electron chi connectivity index (χ1n) is 9.14. The Balaban J connectivity index is 1.62. The summed E-state index contributed by atoms with van der Waals surface area (Å²) in [4.78, 5) is 28.6. The minimum atomic E-state index is -0.392. The summed E-state index contributed by atoms with van der Waals surface area (Å²) in [6, 6.07) is 0. The molecule has 132 valence electrons. The van der Waals surface area contributed by atoms with Gasteiger partial charge in [0.05, 0.1) is 0 Å². The largest absolute Gasteiger partial charge is 0.355 e. The highest BCUT2D eigenvalue weighted by molar-refractivity contribution is 5.82. The lowest BCUT2D eigenvalue weighted by molar-refractivity contribution is -0.133. The zero-order chi connectivity index (χ0) is 16.9. The number of carbonyl (C=O) groups is 2. The van der Waals surface area contributed by atoms with Gasteiger partial charge in [-0.3, -0.25) is 9.59 Å². The lowest BCUT2D eigenvalue weighted by Gasteiger charge is -2.34. The molecule has 2 fully saturated rings. The maximum atomic E-state index is 12.2. The molecular weight excluding hydrogens is 290 g/mol. The van der Waals surface area contributed by atoms with Crippen LogP contribution in [0.2, 0.25) is 0 Å². The average molecular weight is 323 g/mol. The molecule has 0 aromatic rings. The molecule has 0 aromatic carbocycles. The van der Waals surface area contributed by atoms with Crippen molar-refractivity contribution in [3.05, 3.63) is 0 Å². The van der Waals surface area contributed by atoms with Gasteiger partial charge in [-0.05, 0) is 44.7 Å². The van der Waals surface area contributed by atoms with E-state index in [4.69, 9.17) is 0 Å². The van der Waals surface area contributed by atoms with Gasteiger partial charge in [0.15, 0.2) is 0 Å². The van der Waals surface area contributed by atoms with Gasteiger partial charge in [-0.2, -0.15) is 0 Å². The topological polar surface area (TPSA) is 52.7 Å². The van der Waals surface area contributed by atoms with Crippen LogP contribution in [0.25, 0.3) is 0 Å². The molecule has 0 aromatic heterocycles. The van der Waals surface area contributed by atoms with E-state index in [1.54, 1.807) is 0 Å². The van der Waals surface area contributed by atoms with Crippen LogP contribution in [-0.4, -0.2) is 60.9 Å². The van der Waals surface area contributed by atoms with Crippen molar-refractivity contribution in [2.24, 2.45) is 11.3 Å². The first kappa shape index (κ1) is 18.2. The van der Waals surface area contributed by atoms with Crippen molar-refractivity contribution in [3.8, 4) is 0 Å². The Morgan fingerprint density at radius 2 is 1.65 bits per heavy atom. The second-order valence-corrected chi connectivity index (χ2v) is 8.09. The molecule has 2 aliphatic rings. The van der Waals surface area contributed by atoms with Gasteiger partial charge < -0.3 is 15.1 Å². The van der Waals surface area contributed by atoms with Gasteiger partial charge in [0.1, 0.15) is 0 Å². The van der Waals surface area contributed by atoms with Gasteiger partial charge in [0.25, 0.3) is 0 Å². The van der Waals surface area contributed by atoms with E-state index in [9.17, 15) is 9.59 Å². The Hall–Kier alpha value is -1.10. The second kappa shape index (κ2) is 8.13. The highest BCUT2D eigenvalue weighted by atomic mass is 16.2. The molecule has 0 bridgehead atoms. The lowest BCUT2D eigenvalue weighted by atomic mass is 9.95. The Morgan fingerprint density at radius 3 is 2.22 bits per heavy atom. The summed E-state index contributed by atoms with van der Waals surface area (Å²) in [6.45, 7) is 11.6. The molecule has 23 heavy (non-hydrogen) atoms. The highest BCUT2D eigenvalue weighted by Gasteiger charge is 2.25. The van der Waals surface area contributed by atoms with E-state index < -0.39 is 5.41 Å². The van der Waals surface area contributed by atoms with Crippen LogP contribution in [0.15, 0.2) is 0 Å². The Bertz CT molecular complexity index is 403. The summed E-state index contributed by atoms with van der Waals surface area (Å²) in [5.74, 6) is 0.936. The molecule has 0 aliphatic carbocycles. The number of nitrogens with one attached hydrogen (secondary N) is 1. The van der Waals surface area contributed by atoms with E-state index in [2.05, 4.69) is 10.2 Å². The maximum Gasteiger partial charge on any atom is 0.225 e. The van der Waals surface area contributed by atoms with Crippen LogP contribution in [0, 0.1) is 11.3 Å². The van der Waals surface area contributed by atoms with Gasteiger partial charge in [-0.1, -0.05) is 20.8 Å². The Morgan fingerprint density at radius 1 is 1.04 bits per heavy atom. The van der Waals surface area contributed by atoms with Crippen LogP contribution in [0.3, 0.4) is 0 Å². The maximum absolute atomic E-state index is 12.2. The molecule has 2 aliphatic heterocycles. The molecule has 0 atom stereocenters. The molecule has 0 radical (unpaired) electrons. The normalized spacial score (nSPS) is 20.7. The van der Waals surface area contributed by atoms with E-state index in [1.807, 2.05) is 25.7 Å². The molecule has 2 heterocycles. The number of carbonyl (C=O) groups excluding carboxylic acids is 2. The Labute approximate surface area is 140 Å². The molecule has 5 heteroatoms. The van der Waals surface area contributed by atoms with Gasteiger partial charge in [-0.15, -0.1) is 0 Å². The smallest absolute Gasteiger partial charge is 0.225 e. The summed E-state index contributed by atoms with van der Waals surface area (Å²) in [7, 11) is 0. The number of hydrogen-bond donors (Lipinski definition) is 1. The zero-order valence-electron chi connectivity index (χ0n) is 15.1. The molecule has 2 amide bonds. The molecule has 0 spiro atoms. The van der Waals surface area contributed by atoms with Crippen molar-refractivity contribution < 1.29 is 9.59 Å². The predicted molar refractivity (Wildman–Crippen MR) is 92.1 cm³/mol. The predicted octanol–water partition coefficient (Wildman–Crippen LogP) is 1.87. The zero-order valence-corrected chi connectivity index (χ0v) is 15.1. The lowest BCUT2D eigenvalue weighted by Crippen LogP contribution is -2.43. The molecule has 0 unspecified atom stereocenters. The van der Waals surface area contributed by atoms with Crippen LogP contribution >= 0.6 is 0 Å². The van der Waals surface area contributed by atoms with Crippen LogP contribution in [0.5, 0.6) is 0 Å². The van der Waals surface area contributed by atoms with Crippen LogP contribution in [0.1, 0.15) is 52.9 Å². The monoisotopic (exact) mass is 323 g/mol. The molecule has 2 saturated heterocycles. The number of rotatable bonds is 5. The third kappa shape index (κ3) is 5.79. The van der Waals surface area contributed by atoms with E-state index in [-0.39, 0.29) is 11.8 Å². The molecule has 2 rings (SSSR count). The van der Waals surface area contributed by atoms with Gasteiger partial charge in [0.2, 0.25) is 11.8 Å². The summed E-state index contributed by atoms with van der Waals surface area (Å²) >= 11 is 0. The number of amides is 2. The first-order valence-corrected chi connectivity index (χ1v) is 9.14. The van der Waals surface area contributed by atoms with Gasteiger partial charge in [-0.25, -0.2) is 0 Å². The molecule has 5 nitrogen and oxygen atoms in total. The van der Waals surface area contributed by atoms with Crippen molar-refractivity contribution in [1.82, 2.24) is 15.1 Å². The van der Waals surface area contributed by atoms with E-state index in [0.717, 1.165) is 31.8 Å². The second-order valence-electron chi connectivity index (χ2n) is 8.09. The summed E-state index contributed by atoms with van der Waals surface area (Å²) in [6.07, 6.45) is 5.35. The highest BCUT2D eigenvalue weighted by Crippen LogP contribution is 2.21. The van der Waals surface area contributed by atoms with Crippen molar-refractivity contribution in [3.63, 3.8) is 0 Å². The quantitative estimate of drug-likeness (QED) is 0.840. The standard InChI is InChI=1S/C18H33N3O2/c1-18(2,3)17(23)19-9-6-16(22)21-12-7-15(8-13-21)14-20-10-4-5-11-20/h15H,4-14H2,1-3H3,(H,19,23).